The van der Waals surface area contributed by atoms with Crippen LogP contribution in [0.5, 0.6) is 11.5 Å². The first-order chi connectivity index (χ1) is 12.2. The number of carbonyl (C=O) groups excluding carboxylic acids is 1. The van der Waals surface area contributed by atoms with E-state index >= 15 is 0 Å². The molecule has 0 aliphatic carbocycles. The van der Waals surface area contributed by atoms with Gasteiger partial charge in [-0.3, -0.25) is 4.79 Å². The summed E-state index contributed by atoms with van der Waals surface area (Å²) < 4.78 is 10.9. The highest BCUT2D eigenvalue weighted by molar-refractivity contribution is 6.07. The molecule has 0 radical (unpaired) electrons. The Kier molecular flexibility index (Phi) is 5.18. The third kappa shape index (κ3) is 3.74. The number of benzene rings is 2. The summed E-state index contributed by atoms with van der Waals surface area (Å²) in [7, 11) is 1.60. The van der Waals surface area contributed by atoms with Gasteiger partial charge in [-0.2, -0.15) is 0 Å². The number of anilines is 1. The van der Waals surface area contributed by atoms with E-state index in [1.165, 1.54) is 0 Å². The summed E-state index contributed by atoms with van der Waals surface area (Å²) in [4.78, 5) is 17.8. The molecule has 2 aromatic carbocycles. The molecule has 6 heteroatoms. The van der Waals surface area contributed by atoms with Crippen LogP contribution in [0.2, 0.25) is 0 Å². The van der Waals surface area contributed by atoms with Gasteiger partial charge in [-0.05, 0) is 31.2 Å². The van der Waals surface area contributed by atoms with Crippen LogP contribution in [0.15, 0.2) is 53.7 Å². The highest BCUT2D eigenvalue weighted by Gasteiger charge is 2.30. The predicted octanol–water partition coefficient (Wildman–Crippen LogP) is 3.23. The Hall–Kier alpha value is -3.02. The van der Waals surface area contributed by atoms with Crippen LogP contribution >= 0.6 is 0 Å². The van der Waals surface area contributed by atoms with Crippen LogP contribution in [0.3, 0.4) is 0 Å². The topological polar surface area (TPSA) is 69.2 Å². The number of oxime groups is 1. The average Bonchev–Trinajstić information content (AvgIpc) is 3.13. The average molecular weight is 340 g/mol. The zero-order valence-electron chi connectivity index (χ0n) is 14.2. The third-order valence-corrected chi connectivity index (χ3v) is 3.82. The predicted molar refractivity (Wildman–Crippen MR) is 95.3 cm³/mol. The Morgan fingerprint density at radius 3 is 2.68 bits per heavy atom. The van der Waals surface area contributed by atoms with E-state index in [1.54, 1.807) is 13.2 Å². The number of hydrogen-bond acceptors (Lipinski definition) is 5. The first-order valence-corrected chi connectivity index (χ1v) is 8.11. The van der Waals surface area contributed by atoms with E-state index < -0.39 is 6.10 Å². The van der Waals surface area contributed by atoms with Crippen molar-refractivity contribution in [1.82, 2.24) is 0 Å². The summed E-state index contributed by atoms with van der Waals surface area (Å²) in [5.41, 5.74) is 2.13. The van der Waals surface area contributed by atoms with Gasteiger partial charge in [0.1, 0.15) is 11.5 Å². The van der Waals surface area contributed by atoms with Gasteiger partial charge in [-0.15, -0.1) is 0 Å². The fourth-order valence-corrected chi connectivity index (χ4v) is 2.62. The lowest BCUT2D eigenvalue weighted by Crippen LogP contribution is -2.28. The normalized spacial score (nSPS) is 15.9. The molecule has 2 aromatic rings. The van der Waals surface area contributed by atoms with Gasteiger partial charge in [-0.25, -0.2) is 0 Å². The first-order valence-electron chi connectivity index (χ1n) is 8.11. The smallest absolute Gasteiger partial charge is 0.268 e. The third-order valence-electron chi connectivity index (χ3n) is 3.82. The van der Waals surface area contributed by atoms with E-state index in [2.05, 4.69) is 10.5 Å². The fourth-order valence-electron chi connectivity index (χ4n) is 2.62. The van der Waals surface area contributed by atoms with Gasteiger partial charge in [0.15, 0.2) is 0 Å². The van der Waals surface area contributed by atoms with Gasteiger partial charge in [-0.1, -0.05) is 29.4 Å². The Morgan fingerprint density at radius 2 is 1.92 bits per heavy atom. The second kappa shape index (κ2) is 7.70. The molecule has 1 heterocycles. The molecule has 1 N–H and O–H groups in total. The van der Waals surface area contributed by atoms with E-state index in [1.807, 2.05) is 49.4 Å². The van der Waals surface area contributed by atoms with Crippen molar-refractivity contribution < 1.29 is 19.1 Å². The molecule has 0 saturated carbocycles. The standard InChI is InChI=1S/C19H20N2O4/c1-3-24-17-11-7-5-9-14(17)20-19(22)18-12-15(21-25-18)13-8-4-6-10-16(13)23-2/h4-11,18H,3,12H2,1-2H3,(H,20,22). The zero-order valence-corrected chi connectivity index (χ0v) is 14.2. The molecule has 1 atom stereocenters. The van der Waals surface area contributed by atoms with Crippen molar-refractivity contribution in [2.24, 2.45) is 5.16 Å². The summed E-state index contributed by atoms with van der Waals surface area (Å²) in [6.45, 7) is 2.42. The molecule has 1 aliphatic rings. The van der Waals surface area contributed by atoms with Gasteiger partial charge in [0.25, 0.3) is 5.91 Å². The molecule has 130 valence electrons. The molecule has 6 nitrogen and oxygen atoms in total. The number of nitrogens with zero attached hydrogens (tertiary/aromatic N) is 1. The second-order valence-electron chi connectivity index (χ2n) is 5.45. The first kappa shape index (κ1) is 16.8. The van der Waals surface area contributed by atoms with E-state index in [0.717, 1.165) is 5.56 Å². The van der Waals surface area contributed by atoms with Gasteiger partial charge in [0.05, 0.1) is 25.1 Å². The van der Waals surface area contributed by atoms with Gasteiger partial charge in [0.2, 0.25) is 6.10 Å². The van der Waals surface area contributed by atoms with Crippen molar-refractivity contribution >= 4 is 17.3 Å². The van der Waals surface area contributed by atoms with Crippen LogP contribution in [0, 0.1) is 0 Å². The minimum absolute atomic E-state index is 0.263. The van der Waals surface area contributed by atoms with E-state index in [-0.39, 0.29) is 5.91 Å². The number of methoxy groups -OCH3 is 1. The van der Waals surface area contributed by atoms with Crippen LogP contribution < -0.4 is 14.8 Å². The number of nitrogens with one attached hydrogen (secondary N) is 1. The summed E-state index contributed by atoms with van der Waals surface area (Å²) >= 11 is 0. The van der Waals surface area contributed by atoms with Crippen molar-refractivity contribution in [2.45, 2.75) is 19.4 Å². The minimum atomic E-state index is -0.686. The Bertz CT molecular complexity index is 788. The van der Waals surface area contributed by atoms with Crippen molar-refractivity contribution in [3.8, 4) is 11.5 Å². The van der Waals surface area contributed by atoms with Crippen molar-refractivity contribution in [1.29, 1.82) is 0 Å². The molecular weight excluding hydrogens is 320 g/mol. The van der Waals surface area contributed by atoms with Gasteiger partial charge < -0.3 is 19.6 Å². The molecule has 0 fully saturated rings. The molecule has 25 heavy (non-hydrogen) atoms. The van der Waals surface area contributed by atoms with Gasteiger partial charge >= 0.3 is 0 Å². The molecule has 1 amide bonds. The maximum absolute atomic E-state index is 12.5. The number of ether oxygens (including phenoxy) is 2. The summed E-state index contributed by atoms with van der Waals surface area (Å²) in [6, 6.07) is 14.8. The van der Waals surface area contributed by atoms with E-state index in [9.17, 15) is 4.79 Å². The summed E-state index contributed by atoms with van der Waals surface area (Å²) in [5, 5.41) is 6.91. The van der Waals surface area contributed by atoms with Crippen LogP contribution in [0.4, 0.5) is 5.69 Å². The summed E-state index contributed by atoms with van der Waals surface area (Å²) in [5.74, 6) is 1.07. The molecule has 0 aromatic heterocycles. The number of para-hydroxylation sites is 3. The Morgan fingerprint density at radius 1 is 1.20 bits per heavy atom. The quantitative estimate of drug-likeness (QED) is 0.876. The fraction of sp³-hybridized carbons (Fsp3) is 0.263. The van der Waals surface area contributed by atoms with E-state index in [4.69, 9.17) is 14.3 Å². The number of carbonyl (C=O) groups is 1. The molecule has 3 rings (SSSR count). The highest BCUT2D eigenvalue weighted by Crippen LogP contribution is 2.27. The van der Waals surface area contributed by atoms with Gasteiger partial charge in [0, 0.05) is 12.0 Å². The lowest BCUT2D eigenvalue weighted by molar-refractivity contribution is -0.125. The maximum atomic E-state index is 12.5. The second-order valence-corrected chi connectivity index (χ2v) is 5.45. The molecule has 1 aliphatic heterocycles. The lowest BCUT2D eigenvalue weighted by Gasteiger charge is -2.13. The monoisotopic (exact) mass is 340 g/mol. The van der Waals surface area contributed by atoms with Crippen LogP contribution in [-0.2, 0) is 9.63 Å². The Labute approximate surface area is 146 Å². The Balaban J connectivity index is 1.68. The molecule has 0 saturated heterocycles. The van der Waals surface area contributed by atoms with Crippen molar-refractivity contribution in [3.63, 3.8) is 0 Å². The summed E-state index contributed by atoms with van der Waals surface area (Å²) in [6.07, 6.45) is -0.308. The molecule has 0 bridgehead atoms. The number of rotatable bonds is 6. The van der Waals surface area contributed by atoms with Crippen LogP contribution in [0.25, 0.3) is 0 Å². The largest absolute Gasteiger partial charge is 0.496 e. The molecule has 1 unspecified atom stereocenters. The SMILES string of the molecule is CCOc1ccccc1NC(=O)C1CC(c2ccccc2OC)=NO1. The van der Waals surface area contributed by atoms with Crippen molar-refractivity contribution in [2.75, 3.05) is 19.0 Å². The number of amides is 1. The minimum Gasteiger partial charge on any atom is -0.496 e. The maximum Gasteiger partial charge on any atom is 0.268 e. The lowest BCUT2D eigenvalue weighted by atomic mass is 10.0. The van der Waals surface area contributed by atoms with Crippen LogP contribution in [-0.4, -0.2) is 31.4 Å². The highest BCUT2D eigenvalue weighted by atomic mass is 16.6. The van der Waals surface area contributed by atoms with Crippen LogP contribution in [0.1, 0.15) is 18.9 Å². The molecule has 0 spiro atoms. The number of hydrogen-bond donors (Lipinski definition) is 1. The molecular formula is C19H20N2O4. The van der Waals surface area contributed by atoms with Crippen molar-refractivity contribution in [3.05, 3.63) is 54.1 Å². The van der Waals surface area contributed by atoms with E-state index in [0.29, 0.717) is 35.9 Å². The zero-order chi connectivity index (χ0) is 17.6.